The van der Waals surface area contributed by atoms with Gasteiger partial charge >= 0.3 is 0 Å². The van der Waals surface area contributed by atoms with Gasteiger partial charge < -0.3 is 19.5 Å². The van der Waals surface area contributed by atoms with Crippen molar-refractivity contribution in [2.45, 2.75) is 4.21 Å². The molecule has 152 valence electrons. The van der Waals surface area contributed by atoms with Crippen molar-refractivity contribution in [1.82, 2.24) is 19.8 Å². The summed E-state index contributed by atoms with van der Waals surface area (Å²) in [6.07, 6.45) is 1.49. The van der Waals surface area contributed by atoms with Gasteiger partial charge in [-0.1, -0.05) is 6.07 Å². The molecule has 0 saturated carbocycles. The Morgan fingerprint density at radius 2 is 1.93 bits per heavy atom. The van der Waals surface area contributed by atoms with Gasteiger partial charge in [-0.05, 0) is 23.6 Å². The summed E-state index contributed by atoms with van der Waals surface area (Å²) in [6, 6.07) is 6.63. The normalized spacial score (nSPS) is 15.7. The average Bonchev–Trinajstić information content (AvgIpc) is 3.42. The molecule has 0 spiro atoms. The lowest BCUT2D eigenvalue weighted by Gasteiger charge is -2.36. The van der Waals surface area contributed by atoms with E-state index in [1.54, 1.807) is 41.6 Å². The van der Waals surface area contributed by atoms with E-state index in [0.29, 0.717) is 48.7 Å². The van der Waals surface area contributed by atoms with E-state index in [4.69, 9.17) is 4.42 Å². The molecule has 0 bridgehead atoms. The van der Waals surface area contributed by atoms with Crippen molar-refractivity contribution in [3.8, 4) is 0 Å². The molecule has 0 unspecified atom stereocenters. The van der Waals surface area contributed by atoms with E-state index in [1.807, 2.05) is 4.90 Å². The Bertz CT molecular complexity index is 886. The minimum absolute atomic E-state index is 0.115. The molecule has 1 saturated heterocycles. The molecule has 0 radical (unpaired) electrons. The van der Waals surface area contributed by atoms with E-state index < -0.39 is 10.0 Å². The van der Waals surface area contributed by atoms with Crippen molar-refractivity contribution in [2.75, 3.05) is 46.3 Å². The molecule has 2 aromatic heterocycles. The molecule has 1 aliphatic heterocycles. The molecule has 2 N–H and O–H groups in total. The van der Waals surface area contributed by atoms with E-state index in [2.05, 4.69) is 15.0 Å². The lowest BCUT2D eigenvalue weighted by Crippen LogP contribution is -2.54. The van der Waals surface area contributed by atoms with Crippen LogP contribution in [0.2, 0.25) is 0 Å². The maximum absolute atomic E-state index is 12.3. The zero-order valence-corrected chi connectivity index (χ0v) is 17.1. The van der Waals surface area contributed by atoms with Gasteiger partial charge in [-0.3, -0.25) is 9.79 Å². The molecular formula is C17H23N5O4S2. The Labute approximate surface area is 168 Å². The summed E-state index contributed by atoms with van der Waals surface area (Å²) in [7, 11) is -1.78. The predicted molar refractivity (Wildman–Crippen MR) is 107 cm³/mol. The summed E-state index contributed by atoms with van der Waals surface area (Å²) in [6.45, 7) is 3.04. The van der Waals surface area contributed by atoms with E-state index >= 15 is 0 Å². The van der Waals surface area contributed by atoms with E-state index in [0.717, 1.165) is 0 Å². The minimum atomic E-state index is -3.46. The molecule has 0 aromatic carbocycles. The number of sulfonamides is 1. The van der Waals surface area contributed by atoms with Crippen molar-refractivity contribution in [3.05, 3.63) is 41.7 Å². The van der Waals surface area contributed by atoms with Crippen LogP contribution >= 0.6 is 11.3 Å². The fourth-order valence-corrected chi connectivity index (χ4v) is 4.93. The van der Waals surface area contributed by atoms with E-state index in [-0.39, 0.29) is 12.5 Å². The molecule has 1 amide bonds. The van der Waals surface area contributed by atoms with Gasteiger partial charge in [0, 0.05) is 46.3 Å². The van der Waals surface area contributed by atoms with Crippen LogP contribution in [0.3, 0.4) is 0 Å². The number of carbonyl (C=O) groups is 1. The van der Waals surface area contributed by atoms with Crippen LogP contribution in [0, 0.1) is 0 Å². The van der Waals surface area contributed by atoms with Crippen LogP contribution in [0.5, 0.6) is 0 Å². The average molecular weight is 426 g/mol. The monoisotopic (exact) mass is 425 g/mol. The molecular weight excluding hydrogens is 402 g/mol. The van der Waals surface area contributed by atoms with Crippen molar-refractivity contribution >= 4 is 33.2 Å². The lowest BCUT2D eigenvalue weighted by atomic mass is 10.3. The molecule has 0 atom stereocenters. The van der Waals surface area contributed by atoms with E-state index in [1.165, 1.54) is 17.6 Å². The van der Waals surface area contributed by atoms with Gasteiger partial charge in [0.25, 0.3) is 5.91 Å². The molecule has 9 nitrogen and oxygen atoms in total. The Balaban J connectivity index is 1.43. The second-order valence-corrected chi connectivity index (χ2v) is 9.00. The van der Waals surface area contributed by atoms with Gasteiger partial charge in [0.05, 0.1) is 6.26 Å². The molecule has 11 heteroatoms. The number of amides is 1. The van der Waals surface area contributed by atoms with Gasteiger partial charge in [0.15, 0.2) is 11.7 Å². The topological polar surface area (TPSA) is 107 Å². The van der Waals surface area contributed by atoms with Crippen LogP contribution in [-0.2, 0) is 10.0 Å². The van der Waals surface area contributed by atoms with Gasteiger partial charge in [-0.25, -0.2) is 13.1 Å². The van der Waals surface area contributed by atoms with Gasteiger partial charge in [0.2, 0.25) is 10.0 Å². The van der Waals surface area contributed by atoms with Crippen molar-refractivity contribution < 1.29 is 17.6 Å². The smallest absolute Gasteiger partial charge is 0.289 e. The molecule has 1 fully saturated rings. The maximum atomic E-state index is 12.3. The Hall–Kier alpha value is -2.37. The highest BCUT2D eigenvalue weighted by Gasteiger charge is 2.25. The molecule has 0 aliphatic carbocycles. The number of hydrogen-bond donors (Lipinski definition) is 2. The molecule has 2 aromatic rings. The fraction of sp³-hybridized carbons (Fsp3) is 0.412. The summed E-state index contributed by atoms with van der Waals surface area (Å²) >= 11 is 1.18. The third-order valence-electron chi connectivity index (χ3n) is 4.27. The molecule has 1 aliphatic rings. The maximum Gasteiger partial charge on any atom is 0.289 e. The number of carbonyl (C=O) groups excluding carboxylic acids is 1. The number of nitrogens with one attached hydrogen (secondary N) is 2. The first-order valence-electron chi connectivity index (χ1n) is 8.83. The lowest BCUT2D eigenvalue weighted by molar-refractivity contribution is 0.0658. The molecule has 3 rings (SSSR count). The first-order valence-corrected chi connectivity index (χ1v) is 11.2. The van der Waals surface area contributed by atoms with Gasteiger partial charge in [-0.15, -0.1) is 11.3 Å². The summed E-state index contributed by atoms with van der Waals surface area (Å²) in [5.41, 5.74) is 0. The Morgan fingerprint density at radius 1 is 1.18 bits per heavy atom. The number of rotatable bonds is 6. The first-order chi connectivity index (χ1) is 13.5. The quantitative estimate of drug-likeness (QED) is 0.400. The number of nitrogens with zero attached hydrogens (tertiary/aromatic N) is 3. The van der Waals surface area contributed by atoms with Gasteiger partial charge in [0.1, 0.15) is 4.21 Å². The zero-order valence-electron chi connectivity index (χ0n) is 15.5. The van der Waals surface area contributed by atoms with Crippen molar-refractivity contribution in [3.63, 3.8) is 0 Å². The van der Waals surface area contributed by atoms with Crippen LogP contribution < -0.4 is 10.0 Å². The molecule has 28 heavy (non-hydrogen) atoms. The standard InChI is InChI=1S/C17H23N5O4S2/c1-18-17(19-6-7-20-28(24,25)15-5-3-13-27-15)22-10-8-21(9-11-22)16(23)14-4-2-12-26-14/h2-5,12-13,20H,6-11H2,1H3,(H,18,19). The number of hydrogen-bond acceptors (Lipinski definition) is 6. The second kappa shape index (κ2) is 9.22. The highest BCUT2D eigenvalue weighted by atomic mass is 32.2. The minimum Gasteiger partial charge on any atom is -0.459 e. The van der Waals surface area contributed by atoms with Crippen LogP contribution in [0.15, 0.2) is 49.5 Å². The van der Waals surface area contributed by atoms with Crippen molar-refractivity contribution in [2.24, 2.45) is 4.99 Å². The number of guanidine groups is 1. The van der Waals surface area contributed by atoms with Gasteiger partial charge in [-0.2, -0.15) is 0 Å². The summed E-state index contributed by atoms with van der Waals surface area (Å²) in [4.78, 5) is 20.4. The number of aliphatic imine (C=N–C) groups is 1. The Kier molecular flexibility index (Phi) is 6.70. The largest absolute Gasteiger partial charge is 0.459 e. The summed E-state index contributed by atoms with van der Waals surface area (Å²) in [5.74, 6) is 0.907. The first kappa shape index (κ1) is 20.4. The number of furan rings is 1. The Morgan fingerprint density at radius 3 is 2.54 bits per heavy atom. The number of piperazine rings is 1. The van der Waals surface area contributed by atoms with Crippen molar-refractivity contribution in [1.29, 1.82) is 0 Å². The summed E-state index contributed by atoms with van der Waals surface area (Å²) < 4.78 is 32.2. The van der Waals surface area contributed by atoms with Crippen LogP contribution in [0.25, 0.3) is 0 Å². The predicted octanol–water partition coefficient (Wildman–Crippen LogP) is 0.653. The highest BCUT2D eigenvalue weighted by molar-refractivity contribution is 7.91. The second-order valence-electron chi connectivity index (χ2n) is 6.06. The fourth-order valence-electron chi connectivity index (χ4n) is 2.86. The van der Waals surface area contributed by atoms with Crippen LogP contribution in [0.4, 0.5) is 0 Å². The van der Waals surface area contributed by atoms with Crippen LogP contribution in [0.1, 0.15) is 10.6 Å². The van der Waals surface area contributed by atoms with E-state index in [9.17, 15) is 13.2 Å². The zero-order chi connectivity index (χ0) is 20.0. The number of thiophene rings is 1. The van der Waals surface area contributed by atoms with Crippen LogP contribution in [-0.4, -0.2) is 76.4 Å². The molecule has 3 heterocycles. The SMILES string of the molecule is CN=C(NCCNS(=O)(=O)c1cccs1)N1CCN(C(=O)c2ccco2)CC1. The third-order valence-corrected chi connectivity index (χ3v) is 7.13. The third kappa shape index (κ3) is 4.91. The highest BCUT2D eigenvalue weighted by Crippen LogP contribution is 2.14. The summed E-state index contributed by atoms with van der Waals surface area (Å²) in [5, 5.41) is 4.89.